The number of hydrogen-bond donors (Lipinski definition) is 1. The quantitative estimate of drug-likeness (QED) is 0.819. The Morgan fingerprint density at radius 2 is 2.33 bits per heavy atom. The smallest absolute Gasteiger partial charge is 0.122 e. The van der Waals surface area contributed by atoms with Crippen molar-refractivity contribution in [3.8, 4) is 0 Å². The van der Waals surface area contributed by atoms with E-state index in [2.05, 4.69) is 41.6 Å². The van der Waals surface area contributed by atoms with Gasteiger partial charge in [-0.2, -0.15) is 0 Å². The number of hydrogen-bond acceptors (Lipinski definition) is 4. The molecule has 1 aliphatic rings. The van der Waals surface area contributed by atoms with Crippen molar-refractivity contribution < 1.29 is 4.42 Å². The summed E-state index contributed by atoms with van der Waals surface area (Å²) < 4.78 is 5.74. The molecule has 3 heterocycles. The maximum atomic E-state index is 5.74. The van der Waals surface area contributed by atoms with Crippen LogP contribution in [-0.4, -0.2) is 18.0 Å². The Morgan fingerprint density at radius 1 is 1.43 bits per heavy atom. The summed E-state index contributed by atoms with van der Waals surface area (Å²) in [5.74, 6) is 1.11. The number of rotatable bonds is 6. The van der Waals surface area contributed by atoms with E-state index in [0.29, 0.717) is 6.04 Å². The van der Waals surface area contributed by atoms with E-state index in [0.717, 1.165) is 38.4 Å². The lowest BCUT2D eigenvalue weighted by atomic mass is 10.0. The van der Waals surface area contributed by atoms with Crippen LogP contribution in [0, 0.1) is 0 Å². The fourth-order valence-corrected chi connectivity index (χ4v) is 3.99. The topological polar surface area (TPSA) is 28.4 Å². The minimum Gasteiger partial charge on any atom is -0.468 e. The van der Waals surface area contributed by atoms with Crippen molar-refractivity contribution in [2.75, 3.05) is 13.1 Å². The summed E-state index contributed by atoms with van der Waals surface area (Å²) in [6, 6.07) is 4.87. The molecule has 1 unspecified atom stereocenters. The zero-order valence-corrected chi connectivity index (χ0v) is 13.7. The molecule has 0 aliphatic carbocycles. The second kappa shape index (κ2) is 6.77. The largest absolute Gasteiger partial charge is 0.468 e. The molecule has 1 N–H and O–H groups in total. The van der Waals surface area contributed by atoms with Crippen LogP contribution in [-0.2, 0) is 19.5 Å². The summed E-state index contributed by atoms with van der Waals surface area (Å²) in [6.45, 7) is 8.50. The second-order valence-electron chi connectivity index (χ2n) is 5.74. The van der Waals surface area contributed by atoms with Crippen molar-refractivity contribution in [1.29, 1.82) is 0 Å². The number of thiophene rings is 1. The highest BCUT2D eigenvalue weighted by atomic mass is 32.1. The predicted molar refractivity (Wildman–Crippen MR) is 87.6 cm³/mol. The highest BCUT2D eigenvalue weighted by molar-refractivity contribution is 7.10. The van der Waals surface area contributed by atoms with E-state index in [1.807, 2.05) is 17.6 Å². The summed E-state index contributed by atoms with van der Waals surface area (Å²) in [6.07, 6.45) is 4.15. The summed E-state index contributed by atoms with van der Waals surface area (Å²) in [7, 11) is 0. The second-order valence-corrected chi connectivity index (χ2v) is 6.74. The lowest BCUT2D eigenvalue weighted by molar-refractivity contribution is 0.176. The molecule has 3 rings (SSSR count). The average Bonchev–Trinajstić information content (AvgIpc) is 3.12. The lowest BCUT2D eigenvalue weighted by Crippen LogP contribution is -2.33. The van der Waals surface area contributed by atoms with Crippen LogP contribution in [0.3, 0.4) is 0 Å². The Balaban J connectivity index is 1.66. The fraction of sp³-hybridized carbons (Fsp3) is 0.529. The van der Waals surface area contributed by atoms with Gasteiger partial charge in [0.2, 0.25) is 0 Å². The van der Waals surface area contributed by atoms with Gasteiger partial charge in [0.25, 0.3) is 0 Å². The van der Waals surface area contributed by atoms with Crippen molar-refractivity contribution in [2.45, 2.75) is 45.8 Å². The van der Waals surface area contributed by atoms with Crippen molar-refractivity contribution in [1.82, 2.24) is 10.2 Å². The molecule has 0 radical (unpaired) electrons. The number of nitrogens with one attached hydrogen (secondary N) is 1. The summed E-state index contributed by atoms with van der Waals surface area (Å²) in [5.41, 5.74) is 2.80. The lowest BCUT2D eigenvalue weighted by Gasteiger charge is -2.33. The molecular weight excluding hydrogens is 280 g/mol. The van der Waals surface area contributed by atoms with Gasteiger partial charge < -0.3 is 9.73 Å². The first-order valence-electron chi connectivity index (χ1n) is 7.86. The standard InChI is InChI=1S/C17H24N2OS/c1-3-7-18-11-14-5-9-20-16(14)12-19-8-4-17-15(13(19)2)6-10-21-17/h5-6,9-10,13,18H,3-4,7-8,11-12H2,1-2H3. The Labute approximate surface area is 131 Å². The van der Waals surface area contributed by atoms with Crippen LogP contribution in [0.25, 0.3) is 0 Å². The number of fused-ring (bicyclic) bond motifs is 1. The van der Waals surface area contributed by atoms with Crippen LogP contribution in [0.5, 0.6) is 0 Å². The van der Waals surface area contributed by atoms with E-state index in [9.17, 15) is 0 Å². The highest BCUT2D eigenvalue weighted by Gasteiger charge is 2.25. The highest BCUT2D eigenvalue weighted by Crippen LogP contribution is 2.34. The first kappa shape index (κ1) is 14.8. The zero-order chi connectivity index (χ0) is 14.7. The Bertz CT molecular complexity index is 575. The average molecular weight is 304 g/mol. The summed E-state index contributed by atoms with van der Waals surface area (Å²) >= 11 is 1.90. The predicted octanol–water partition coefficient (Wildman–Crippen LogP) is 3.96. The molecule has 1 atom stereocenters. The van der Waals surface area contributed by atoms with Gasteiger partial charge in [-0.1, -0.05) is 6.92 Å². The Kier molecular flexibility index (Phi) is 4.78. The molecule has 2 aromatic heterocycles. The van der Waals surface area contributed by atoms with Crippen LogP contribution in [0.2, 0.25) is 0 Å². The van der Waals surface area contributed by atoms with E-state index >= 15 is 0 Å². The van der Waals surface area contributed by atoms with Crippen LogP contribution in [0.1, 0.15) is 48.1 Å². The van der Waals surface area contributed by atoms with Gasteiger partial charge in [0.05, 0.1) is 12.8 Å². The molecule has 0 saturated carbocycles. The molecule has 1 aliphatic heterocycles. The van der Waals surface area contributed by atoms with E-state index in [4.69, 9.17) is 4.42 Å². The minimum absolute atomic E-state index is 0.488. The molecule has 0 spiro atoms. The van der Waals surface area contributed by atoms with E-state index in [1.165, 1.54) is 17.5 Å². The molecule has 0 fully saturated rings. The summed E-state index contributed by atoms with van der Waals surface area (Å²) in [5, 5.41) is 5.68. The molecule has 2 aromatic rings. The van der Waals surface area contributed by atoms with Gasteiger partial charge in [0, 0.05) is 29.6 Å². The van der Waals surface area contributed by atoms with Gasteiger partial charge in [-0.3, -0.25) is 4.90 Å². The number of nitrogens with zero attached hydrogens (tertiary/aromatic N) is 1. The normalized spacial score (nSPS) is 18.9. The van der Waals surface area contributed by atoms with Crippen LogP contribution < -0.4 is 5.32 Å². The molecule has 21 heavy (non-hydrogen) atoms. The van der Waals surface area contributed by atoms with Crippen molar-refractivity contribution in [2.24, 2.45) is 0 Å². The zero-order valence-electron chi connectivity index (χ0n) is 12.9. The maximum Gasteiger partial charge on any atom is 0.122 e. The summed E-state index contributed by atoms with van der Waals surface area (Å²) in [4.78, 5) is 4.08. The monoisotopic (exact) mass is 304 g/mol. The van der Waals surface area contributed by atoms with Gasteiger partial charge in [-0.05, 0) is 49.4 Å². The number of furan rings is 1. The van der Waals surface area contributed by atoms with Gasteiger partial charge in [0.1, 0.15) is 5.76 Å². The van der Waals surface area contributed by atoms with Gasteiger partial charge in [-0.15, -0.1) is 11.3 Å². The van der Waals surface area contributed by atoms with Crippen molar-refractivity contribution in [3.05, 3.63) is 45.5 Å². The van der Waals surface area contributed by atoms with E-state index in [1.54, 1.807) is 4.88 Å². The molecular formula is C17H24N2OS. The first-order chi connectivity index (χ1) is 10.3. The fourth-order valence-electron chi connectivity index (χ4n) is 3.02. The van der Waals surface area contributed by atoms with Gasteiger partial charge in [0.15, 0.2) is 0 Å². The third kappa shape index (κ3) is 3.23. The Morgan fingerprint density at radius 3 is 3.19 bits per heavy atom. The van der Waals surface area contributed by atoms with Crippen LogP contribution >= 0.6 is 11.3 Å². The van der Waals surface area contributed by atoms with Gasteiger partial charge >= 0.3 is 0 Å². The SMILES string of the molecule is CCCNCc1ccoc1CN1CCc2sccc2C1C. The third-order valence-electron chi connectivity index (χ3n) is 4.33. The molecule has 0 amide bonds. The van der Waals surface area contributed by atoms with Gasteiger partial charge in [-0.25, -0.2) is 0 Å². The minimum atomic E-state index is 0.488. The Hall–Kier alpha value is -1.10. The first-order valence-corrected chi connectivity index (χ1v) is 8.73. The molecule has 0 aromatic carbocycles. The van der Waals surface area contributed by atoms with E-state index < -0.39 is 0 Å². The molecule has 3 nitrogen and oxygen atoms in total. The van der Waals surface area contributed by atoms with Crippen molar-refractivity contribution in [3.63, 3.8) is 0 Å². The molecule has 0 saturated heterocycles. The molecule has 0 bridgehead atoms. The third-order valence-corrected chi connectivity index (χ3v) is 5.33. The maximum absolute atomic E-state index is 5.74. The van der Waals surface area contributed by atoms with Crippen LogP contribution in [0.15, 0.2) is 28.2 Å². The molecule has 114 valence electrons. The van der Waals surface area contributed by atoms with E-state index in [-0.39, 0.29) is 0 Å². The van der Waals surface area contributed by atoms with Crippen molar-refractivity contribution >= 4 is 11.3 Å². The molecule has 4 heteroatoms. The van der Waals surface area contributed by atoms with Crippen LogP contribution in [0.4, 0.5) is 0 Å².